The second-order valence-electron chi connectivity index (χ2n) is 11.3. The summed E-state index contributed by atoms with van der Waals surface area (Å²) in [6.07, 6.45) is 2.77. The first-order valence-electron chi connectivity index (χ1n) is 15.6. The van der Waals surface area contributed by atoms with Gasteiger partial charge in [-0.2, -0.15) is 0 Å². The molecule has 10 heteroatoms. The van der Waals surface area contributed by atoms with Crippen LogP contribution < -0.4 is 21.1 Å². The average molecular weight is 636 g/mol. The molecule has 1 heterocycles. The van der Waals surface area contributed by atoms with Crippen LogP contribution in [0.3, 0.4) is 0 Å². The van der Waals surface area contributed by atoms with Crippen LogP contribution in [0.2, 0.25) is 0 Å². The fourth-order valence-corrected chi connectivity index (χ4v) is 5.25. The third-order valence-electron chi connectivity index (χ3n) is 8.63. The van der Waals surface area contributed by atoms with Gasteiger partial charge in [-0.3, -0.25) is 15.0 Å². The van der Waals surface area contributed by atoms with Crippen molar-refractivity contribution in [2.24, 2.45) is 11.1 Å². The lowest BCUT2D eigenvalue weighted by Crippen LogP contribution is -2.36. The average Bonchev–Trinajstić information content (AvgIpc) is 3.11. The van der Waals surface area contributed by atoms with Gasteiger partial charge in [-0.1, -0.05) is 57.2 Å². The first-order valence-corrected chi connectivity index (χ1v) is 15.6. The first kappa shape index (κ1) is 34.4. The SMILES string of the molecule is CCC(CC)(CC)CNC(=O)c1ccc(-c2ccc(OC)nc2C(=O)Nc2ccc(C(=N)N)cc2)c(C(=O)OCc2ccccc2)c1. The van der Waals surface area contributed by atoms with Crippen molar-refractivity contribution < 1.29 is 23.9 Å². The fourth-order valence-electron chi connectivity index (χ4n) is 5.25. The number of esters is 1. The van der Waals surface area contributed by atoms with Crippen molar-refractivity contribution in [3.05, 3.63) is 113 Å². The van der Waals surface area contributed by atoms with E-state index in [0.29, 0.717) is 28.9 Å². The maximum Gasteiger partial charge on any atom is 0.339 e. The molecule has 10 nitrogen and oxygen atoms in total. The number of anilines is 1. The van der Waals surface area contributed by atoms with Crippen LogP contribution in [0.5, 0.6) is 5.88 Å². The van der Waals surface area contributed by atoms with E-state index in [9.17, 15) is 14.4 Å². The van der Waals surface area contributed by atoms with E-state index in [1.165, 1.54) is 13.2 Å². The highest BCUT2D eigenvalue weighted by Crippen LogP contribution is 2.32. The fraction of sp³-hybridized carbons (Fsp3) is 0.270. The summed E-state index contributed by atoms with van der Waals surface area (Å²) in [5.41, 5.74) is 8.38. The summed E-state index contributed by atoms with van der Waals surface area (Å²) in [4.78, 5) is 45.2. The summed E-state index contributed by atoms with van der Waals surface area (Å²) in [5.74, 6) is -1.43. The Hall–Kier alpha value is -5.51. The molecule has 47 heavy (non-hydrogen) atoms. The molecule has 0 aliphatic heterocycles. The maximum atomic E-state index is 13.7. The van der Waals surface area contributed by atoms with Gasteiger partial charge < -0.3 is 25.8 Å². The minimum atomic E-state index is -0.662. The van der Waals surface area contributed by atoms with Crippen molar-refractivity contribution >= 4 is 29.3 Å². The molecule has 2 amide bonds. The number of benzene rings is 3. The summed E-state index contributed by atoms with van der Waals surface area (Å²) in [6, 6.07) is 23.7. The first-order chi connectivity index (χ1) is 22.6. The van der Waals surface area contributed by atoms with E-state index >= 15 is 0 Å². The number of carbonyl (C=O) groups excluding carboxylic acids is 3. The molecule has 0 aliphatic rings. The topological polar surface area (TPSA) is 156 Å². The molecule has 0 radical (unpaired) electrons. The number of carbonyl (C=O) groups is 3. The number of nitrogens with one attached hydrogen (secondary N) is 3. The number of ether oxygens (including phenoxy) is 2. The molecule has 1 aromatic heterocycles. The monoisotopic (exact) mass is 635 g/mol. The van der Waals surface area contributed by atoms with Gasteiger partial charge in [0, 0.05) is 35.0 Å². The lowest BCUT2D eigenvalue weighted by atomic mass is 9.80. The van der Waals surface area contributed by atoms with Crippen molar-refractivity contribution in [2.45, 2.75) is 46.6 Å². The van der Waals surface area contributed by atoms with Gasteiger partial charge in [-0.15, -0.1) is 0 Å². The van der Waals surface area contributed by atoms with Crippen LogP contribution in [-0.2, 0) is 11.3 Å². The van der Waals surface area contributed by atoms with Gasteiger partial charge in [0.1, 0.15) is 18.1 Å². The quantitative estimate of drug-likeness (QED) is 0.0691. The van der Waals surface area contributed by atoms with Gasteiger partial charge >= 0.3 is 5.97 Å². The van der Waals surface area contributed by atoms with Crippen LogP contribution >= 0.6 is 0 Å². The van der Waals surface area contributed by atoms with Crippen LogP contribution in [0.1, 0.15) is 82.4 Å². The Kier molecular flexibility index (Phi) is 11.5. The predicted molar refractivity (Wildman–Crippen MR) is 183 cm³/mol. The van der Waals surface area contributed by atoms with Crippen LogP contribution in [0.15, 0.2) is 84.9 Å². The molecular weight excluding hydrogens is 594 g/mol. The van der Waals surface area contributed by atoms with Crippen molar-refractivity contribution in [3.8, 4) is 17.0 Å². The number of nitrogen functional groups attached to an aromatic ring is 1. The molecule has 0 unspecified atom stereocenters. The van der Waals surface area contributed by atoms with Crippen molar-refractivity contribution in [2.75, 3.05) is 19.0 Å². The molecule has 0 fully saturated rings. The van der Waals surface area contributed by atoms with Crippen molar-refractivity contribution in [1.82, 2.24) is 10.3 Å². The Morgan fingerprint density at radius 3 is 2.09 bits per heavy atom. The number of hydrogen-bond donors (Lipinski definition) is 4. The minimum Gasteiger partial charge on any atom is -0.481 e. The summed E-state index contributed by atoms with van der Waals surface area (Å²) >= 11 is 0. The molecule has 0 aliphatic carbocycles. The number of aromatic nitrogens is 1. The molecule has 0 saturated heterocycles. The molecule has 4 aromatic rings. The Morgan fingerprint density at radius 1 is 0.830 bits per heavy atom. The third kappa shape index (κ3) is 8.40. The highest BCUT2D eigenvalue weighted by molar-refractivity contribution is 6.10. The molecule has 0 spiro atoms. The zero-order valence-electron chi connectivity index (χ0n) is 27.2. The van der Waals surface area contributed by atoms with E-state index in [0.717, 1.165) is 24.8 Å². The molecule has 3 aromatic carbocycles. The molecule has 0 bridgehead atoms. The van der Waals surface area contributed by atoms with E-state index in [2.05, 4.69) is 36.4 Å². The summed E-state index contributed by atoms with van der Waals surface area (Å²) in [5, 5.41) is 13.5. The number of methoxy groups -OCH3 is 1. The highest BCUT2D eigenvalue weighted by atomic mass is 16.5. The Balaban J connectivity index is 1.74. The van der Waals surface area contributed by atoms with Gasteiger partial charge in [0.25, 0.3) is 11.8 Å². The van der Waals surface area contributed by atoms with Gasteiger partial charge in [0.2, 0.25) is 5.88 Å². The van der Waals surface area contributed by atoms with Crippen molar-refractivity contribution in [1.29, 1.82) is 5.41 Å². The van der Waals surface area contributed by atoms with Gasteiger partial charge in [0.15, 0.2) is 0 Å². The number of pyridine rings is 1. The third-order valence-corrected chi connectivity index (χ3v) is 8.63. The zero-order chi connectivity index (χ0) is 34.0. The zero-order valence-corrected chi connectivity index (χ0v) is 27.2. The Labute approximate surface area is 275 Å². The predicted octanol–water partition coefficient (Wildman–Crippen LogP) is 6.60. The summed E-state index contributed by atoms with van der Waals surface area (Å²) in [6.45, 7) is 6.88. The van der Waals surface area contributed by atoms with E-state index in [-0.39, 0.29) is 46.5 Å². The van der Waals surface area contributed by atoms with E-state index in [1.54, 1.807) is 48.5 Å². The van der Waals surface area contributed by atoms with Gasteiger partial charge in [-0.05, 0) is 78.3 Å². The number of hydrogen-bond acceptors (Lipinski definition) is 7. The second kappa shape index (κ2) is 15.7. The molecule has 5 N–H and O–H groups in total. The largest absolute Gasteiger partial charge is 0.481 e. The van der Waals surface area contributed by atoms with Crippen LogP contribution in [0, 0.1) is 10.8 Å². The summed E-state index contributed by atoms with van der Waals surface area (Å²) in [7, 11) is 1.44. The number of nitrogens with two attached hydrogens (primary N) is 1. The number of amides is 2. The lowest BCUT2D eigenvalue weighted by Gasteiger charge is -2.30. The number of amidine groups is 1. The minimum absolute atomic E-state index is 0.00655. The maximum absolute atomic E-state index is 13.7. The van der Waals surface area contributed by atoms with Crippen LogP contribution in [-0.4, -0.2) is 42.3 Å². The Morgan fingerprint density at radius 2 is 1.47 bits per heavy atom. The van der Waals surface area contributed by atoms with Crippen molar-refractivity contribution in [3.63, 3.8) is 0 Å². The molecule has 244 valence electrons. The smallest absolute Gasteiger partial charge is 0.339 e. The van der Waals surface area contributed by atoms with Crippen LogP contribution in [0.4, 0.5) is 5.69 Å². The Bertz CT molecular complexity index is 1730. The summed E-state index contributed by atoms with van der Waals surface area (Å²) < 4.78 is 11.0. The molecule has 0 atom stereocenters. The standard InChI is InChI=1S/C37H41N5O5/c1-5-37(6-2,7-3)23-40-34(43)26-15-18-28(30(21-26)36(45)47-22-24-11-9-8-10-12-24)29-19-20-31(46-4)42-32(29)35(44)41-27-16-13-25(14-17-27)33(38)39/h8-21H,5-7,22-23H2,1-4H3,(H3,38,39)(H,40,43)(H,41,44). The second-order valence-corrected chi connectivity index (χ2v) is 11.3. The highest BCUT2D eigenvalue weighted by Gasteiger charge is 2.26. The van der Waals surface area contributed by atoms with Crippen LogP contribution in [0.25, 0.3) is 11.1 Å². The molecule has 0 saturated carbocycles. The van der Waals surface area contributed by atoms with E-state index in [1.807, 2.05) is 30.3 Å². The van der Waals surface area contributed by atoms with E-state index < -0.39 is 11.9 Å². The van der Waals surface area contributed by atoms with E-state index in [4.69, 9.17) is 20.6 Å². The number of rotatable bonds is 14. The van der Waals surface area contributed by atoms with Gasteiger partial charge in [-0.25, -0.2) is 9.78 Å². The molecule has 4 rings (SSSR count). The van der Waals surface area contributed by atoms with Gasteiger partial charge in [0.05, 0.1) is 12.7 Å². The number of nitrogens with zero attached hydrogens (tertiary/aromatic N) is 1. The normalized spacial score (nSPS) is 11.0. The lowest BCUT2D eigenvalue weighted by molar-refractivity contribution is 0.0473. The molecular formula is C37H41N5O5.